The van der Waals surface area contributed by atoms with Crippen molar-refractivity contribution in [3.8, 4) is 23.0 Å². The Kier molecular flexibility index (Phi) is 8.53. The van der Waals surface area contributed by atoms with E-state index >= 15 is 0 Å². The molecule has 0 aliphatic carbocycles. The second-order valence-corrected chi connectivity index (χ2v) is 5.69. The summed E-state index contributed by atoms with van der Waals surface area (Å²) in [7, 11) is 0. The van der Waals surface area contributed by atoms with Crippen LogP contribution in [-0.2, 0) is 0 Å². The van der Waals surface area contributed by atoms with Gasteiger partial charge in [0.15, 0.2) is 0 Å². The molecule has 0 heterocycles. The third-order valence-electron chi connectivity index (χ3n) is 3.42. The molecule has 2 aromatic carbocycles. The van der Waals surface area contributed by atoms with Crippen molar-refractivity contribution in [2.45, 2.75) is 33.1 Å². The highest BCUT2D eigenvalue weighted by molar-refractivity contribution is 5.32. The van der Waals surface area contributed by atoms with E-state index in [1.807, 2.05) is 48.5 Å². The van der Waals surface area contributed by atoms with Crippen LogP contribution < -0.4 is 18.9 Å². The standard InChI is InChI=1S/C21H28O4/c1-3-14-22-18-6-10-20(11-7-18)24-16-5-17-25-21-12-8-19(9-13-21)23-15-4-2/h6-13H,3-5,14-17H2,1-2H3. The number of hydrogen-bond acceptors (Lipinski definition) is 4. The van der Waals surface area contributed by atoms with Gasteiger partial charge in [-0.25, -0.2) is 0 Å². The smallest absolute Gasteiger partial charge is 0.119 e. The first kappa shape index (κ1) is 19.0. The summed E-state index contributed by atoms with van der Waals surface area (Å²) in [5, 5.41) is 0. The maximum atomic E-state index is 5.71. The van der Waals surface area contributed by atoms with Gasteiger partial charge < -0.3 is 18.9 Å². The first-order valence-electron chi connectivity index (χ1n) is 9.03. The molecule has 0 N–H and O–H groups in total. The minimum Gasteiger partial charge on any atom is -0.494 e. The molecule has 0 unspecified atom stereocenters. The first-order chi connectivity index (χ1) is 12.3. The van der Waals surface area contributed by atoms with E-state index in [-0.39, 0.29) is 0 Å². The highest BCUT2D eigenvalue weighted by Gasteiger charge is 1.99. The molecular weight excluding hydrogens is 316 g/mol. The molecule has 0 aliphatic rings. The summed E-state index contributed by atoms with van der Waals surface area (Å²) in [5.41, 5.74) is 0. The van der Waals surface area contributed by atoms with Crippen LogP contribution in [0.25, 0.3) is 0 Å². The molecule has 0 bridgehead atoms. The van der Waals surface area contributed by atoms with E-state index in [1.54, 1.807) is 0 Å². The molecule has 25 heavy (non-hydrogen) atoms. The summed E-state index contributed by atoms with van der Waals surface area (Å²) >= 11 is 0. The predicted octanol–water partition coefficient (Wildman–Crippen LogP) is 5.11. The van der Waals surface area contributed by atoms with Crippen molar-refractivity contribution < 1.29 is 18.9 Å². The molecule has 0 fully saturated rings. The Bertz CT molecular complexity index is 524. The summed E-state index contributed by atoms with van der Waals surface area (Å²) in [6.45, 7) is 6.90. The van der Waals surface area contributed by atoms with Gasteiger partial charge in [-0.2, -0.15) is 0 Å². The van der Waals surface area contributed by atoms with Crippen molar-refractivity contribution in [1.29, 1.82) is 0 Å². The molecule has 4 nitrogen and oxygen atoms in total. The van der Waals surface area contributed by atoms with E-state index in [0.29, 0.717) is 13.2 Å². The van der Waals surface area contributed by atoms with E-state index in [2.05, 4.69) is 13.8 Å². The lowest BCUT2D eigenvalue weighted by Crippen LogP contribution is -2.05. The monoisotopic (exact) mass is 344 g/mol. The van der Waals surface area contributed by atoms with Gasteiger partial charge in [0.2, 0.25) is 0 Å². The van der Waals surface area contributed by atoms with Gasteiger partial charge in [-0.15, -0.1) is 0 Å². The first-order valence-corrected chi connectivity index (χ1v) is 9.03. The van der Waals surface area contributed by atoms with Gasteiger partial charge in [-0.3, -0.25) is 0 Å². The number of benzene rings is 2. The second-order valence-electron chi connectivity index (χ2n) is 5.69. The van der Waals surface area contributed by atoms with Crippen LogP contribution in [-0.4, -0.2) is 26.4 Å². The van der Waals surface area contributed by atoms with E-state index < -0.39 is 0 Å². The number of hydrogen-bond donors (Lipinski definition) is 0. The minimum atomic E-state index is 0.618. The third-order valence-corrected chi connectivity index (χ3v) is 3.42. The molecule has 0 amide bonds. The van der Waals surface area contributed by atoms with Crippen LogP contribution in [0.2, 0.25) is 0 Å². The van der Waals surface area contributed by atoms with Gasteiger partial charge in [-0.05, 0) is 61.4 Å². The zero-order chi connectivity index (χ0) is 17.7. The van der Waals surface area contributed by atoms with Crippen LogP contribution in [0, 0.1) is 0 Å². The normalized spacial score (nSPS) is 10.3. The zero-order valence-electron chi connectivity index (χ0n) is 15.2. The molecule has 136 valence electrons. The lowest BCUT2D eigenvalue weighted by Gasteiger charge is -2.10. The van der Waals surface area contributed by atoms with E-state index in [1.165, 1.54) is 0 Å². The molecule has 2 aromatic rings. The van der Waals surface area contributed by atoms with Gasteiger partial charge in [0.25, 0.3) is 0 Å². The summed E-state index contributed by atoms with van der Waals surface area (Å²) < 4.78 is 22.5. The highest BCUT2D eigenvalue weighted by atomic mass is 16.5. The maximum absolute atomic E-state index is 5.71. The van der Waals surface area contributed by atoms with E-state index in [9.17, 15) is 0 Å². The van der Waals surface area contributed by atoms with E-state index in [4.69, 9.17) is 18.9 Å². The van der Waals surface area contributed by atoms with Gasteiger partial charge in [0.1, 0.15) is 23.0 Å². The molecule has 0 spiro atoms. The Morgan fingerprint density at radius 3 is 1.04 bits per heavy atom. The van der Waals surface area contributed by atoms with Gasteiger partial charge in [-0.1, -0.05) is 13.8 Å². The zero-order valence-corrected chi connectivity index (χ0v) is 15.2. The quantitative estimate of drug-likeness (QED) is 0.501. The molecule has 0 aromatic heterocycles. The van der Waals surface area contributed by atoms with Gasteiger partial charge in [0.05, 0.1) is 26.4 Å². The molecule has 4 heteroatoms. The highest BCUT2D eigenvalue weighted by Crippen LogP contribution is 2.19. The van der Waals surface area contributed by atoms with Crippen molar-refractivity contribution in [1.82, 2.24) is 0 Å². The van der Waals surface area contributed by atoms with Crippen LogP contribution in [0.5, 0.6) is 23.0 Å². The lowest BCUT2D eigenvalue weighted by atomic mass is 10.3. The van der Waals surface area contributed by atoms with Crippen molar-refractivity contribution in [3.05, 3.63) is 48.5 Å². The number of rotatable bonds is 12. The molecule has 2 rings (SSSR count). The third kappa shape index (κ3) is 7.38. The van der Waals surface area contributed by atoms with Crippen molar-refractivity contribution in [3.63, 3.8) is 0 Å². The minimum absolute atomic E-state index is 0.618. The average molecular weight is 344 g/mol. The van der Waals surface area contributed by atoms with Crippen LogP contribution in [0.3, 0.4) is 0 Å². The SMILES string of the molecule is CCCOc1ccc(OCCCOc2ccc(OCCC)cc2)cc1. The van der Waals surface area contributed by atoms with Crippen molar-refractivity contribution >= 4 is 0 Å². The fraction of sp³-hybridized carbons (Fsp3) is 0.429. The van der Waals surface area contributed by atoms with Crippen molar-refractivity contribution in [2.75, 3.05) is 26.4 Å². The largest absolute Gasteiger partial charge is 0.494 e. The van der Waals surface area contributed by atoms with Crippen molar-refractivity contribution in [2.24, 2.45) is 0 Å². The molecule has 0 saturated heterocycles. The Morgan fingerprint density at radius 1 is 0.480 bits per heavy atom. The molecular formula is C21H28O4. The van der Waals surface area contributed by atoms with Crippen LogP contribution >= 0.6 is 0 Å². The van der Waals surface area contributed by atoms with Crippen LogP contribution in [0.15, 0.2) is 48.5 Å². The molecule has 0 saturated carbocycles. The summed E-state index contributed by atoms with van der Waals surface area (Å²) in [5.74, 6) is 3.45. The summed E-state index contributed by atoms with van der Waals surface area (Å²) in [6, 6.07) is 15.5. The molecule has 0 atom stereocenters. The molecule has 0 radical (unpaired) electrons. The Hall–Kier alpha value is -2.36. The summed E-state index contributed by atoms with van der Waals surface area (Å²) in [4.78, 5) is 0. The average Bonchev–Trinajstić information content (AvgIpc) is 2.66. The predicted molar refractivity (Wildman–Crippen MR) is 100 cm³/mol. The molecule has 0 aliphatic heterocycles. The fourth-order valence-electron chi connectivity index (χ4n) is 2.14. The fourth-order valence-corrected chi connectivity index (χ4v) is 2.14. The number of ether oxygens (including phenoxy) is 4. The topological polar surface area (TPSA) is 36.9 Å². The second kappa shape index (κ2) is 11.2. The van der Waals surface area contributed by atoms with Gasteiger partial charge in [0, 0.05) is 6.42 Å². The lowest BCUT2D eigenvalue weighted by molar-refractivity contribution is 0.246. The van der Waals surface area contributed by atoms with Gasteiger partial charge >= 0.3 is 0 Å². The van der Waals surface area contributed by atoms with E-state index in [0.717, 1.165) is 55.5 Å². The maximum Gasteiger partial charge on any atom is 0.119 e. The van der Waals surface area contributed by atoms with Crippen LogP contribution in [0.4, 0.5) is 0 Å². The summed E-state index contributed by atoms with van der Waals surface area (Å²) in [6.07, 6.45) is 2.83. The Morgan fingerprint density at radius 2 is 0.760 bits per heavy atom. The Balaban J connectivity index is 1.61. The van der Waals surface area contributed by atoms with Crippen LogP contribution in [0.1, 0.15) is 33.1 Å². The Labute approximate surface area is 150 Å².